The first-order valence-electron chi connectivity index (χ1n) is 7.40. The van der Waals surface area contributed by atoms with Crippen LogP contribution in [0.1, 0.15) is 33.1 Å². The van der Waals surface area contributed by atoms with Gasteiger partial charge < -0.3 is 14.2 Å². The maximum Gasteiger partial charge on any atom is 0.316 e. The molecule has 122 valence electrons. The van der Waals surface area contributed by atoms with Crippen molar-refractivity contribution in [3.63, 3.8) is 0 Å². The lowest BCUT2D eigenvalue weighted by atomic mass is 9.66. The molecular formula is C16H22O6. The molecule has 2 aliphatic carbocycles. The molecule has 0 aromatic carbocycles. The molecule has 0 bridgehead atoms. The second kappa shape index (κ2) is 6.20. The van der Waals surface area contributed by atoms with Crippen molar-refractivity contribution in [1.29, 1.82) is 0 Å². The first-order chi connectivity index (χ1) is 10.4. The summed E-state index contributed by atoms with van der Waals surface area (Å²) in [6.07, 6.45) is 1.85. The Morgan fingerprint density at radius 3 is 2.59 bits per heavy atom. The zero-order valence-corrected chi connectivity index (χ0v) is 13.4. The summed E-state index contributed by atoms with van der Waals surface area (Å²) in [4.78, 5) is 35.9. The molecule has 2 rings (SSSR count). The van der Waals surface area contributed by atoms with Gasteiger partial charge >= 0.3 is 11.9 Å². The quantitative estimate of drug-likeness (QED) is 0.731. The predicted octanol–water partition coefficient (Wildman–Crippen LogP) is 1.42. The van der Waals surface area contributed by atoms with Crippen LogP contribution in [0.2, 0.25) is 0 Å². The number of ketones is 1. The Morgan fingerprint density at radius 2 is 2.05 bits per heavy atom. The number of carbonyl (C=O) groups is 3. The smallest absolute Gasteiger partial charge is 0.316 e. The topological polar surface area (TPSA) is 78.9 Å². The number of esters is 2. The number of fused-ring (bicyclic) bond motifs is 1. The van der Waals surface area contributed by atoms with Gasteiger partial charge in [-0.05, 0) is 31.4 Å². The van der Waals surface area contributed by atoms with E-state index in [1.807, 2.05) is 6.92 Å². The Labute approximate surface area is 129 Å². The fourth-order valence-corrected chi connectivity index (χ4v) is 3.81. The third kappa shape index (κ3) is 2.56. The van der Waals surface area contributed by atoms with Crippen molar-refractivity contribution in [2.24, 2.45) is 11.3 Å². The molecule has 1 fully saturated rings. The summed E-state index contributed by atoms with van der Waals surface area (Å²) in [6, 6.07) is 0. The van der Waals surface area contributed by atoms with Gasteiger partial charge in [0.05, 0.1) is 18.6 Å². The Morgan fingerprint density at radius 1 is 1.36 bits per heavy atom. The monoisotopic (exact) mass is 310 g/mol. The average Bonchev–Trinajstić information content (AvgIpc) is 2.84. The van der Waals surface area contributed by atoms with Gasteiger partial charge in [-0.25, -0.2) is 0 Å². The van der Waals surface area contributed by atoms with Crippen LogP contribution < -0.4 is 0 Å². The zero-order chi connectivity index (χ0) is 16.5. The molecule has 0 radical (unpaired) electrons. The standard InChI is InChI=1S/C16H22O6/c1-9(20-3)12-6-5-11-7-13(18)14(22-10(2)17)8-16(11,12)15(19)21-4/h7,9,12,14H,5-6,8H2,1-4H3/t9-,12-,14-,16-/m1/s1. The minimum Gasteiger partial charge on any atom is -0.468 e. The van der Waals surface area contributed by atoms with Crippen molar-refractivity contribution in [2.75, 3.05) is 14.2 Å². The highest BCUT2D eigenvalue weighted by Crippen LogP contribution is 2.55. The van der Waals surface area contributed by atoms with Gasteiger partial charge in [-0.3, -0.25) is 14.4 Å². The van der Waals surface area contributed by atoms with Crippen molar-refractivity contribution >= 4 is 17.7 Å². The van der Waals surface area contributed by atoms with E-state index in [0.29, 0.717) is 6.42 Å². The highest BCUT2D eigenvalue weighted by atomic mass is 16.5. The van der Waals surface area contributed by atoms with Crippen molar-refractivity contribution in [3.05, 3.63) is 11.6 Å². The summed E-state index contributed by atoms with van der Waals surface area (Å²) < 4.78 is 15.6. The van der Waals surface area contributed by atoms with E-state index in [1.165, 1.54) is 20.1 Å². The van der Waals surface area contributed by atoms with Crippen LogP contribution in [0.3, 0.4) is 0 Å². The van der Waals surface area contributed by atoms with Crippen LogP contribution in [0, 0.1) is 11.3 Å². The minimum atomic E-state index is -0.946. The lowest BCUT2D eigenvalue weighted by Gasteiger charge is -2.40. The van der Waals surface area contributed by atoms with Gasteiger partial charge in [0.15, 0.2) is 11.9 Å². The fraction of sp³-hybridized carbons (Fsp3) is 0.688. The van der Waals surface area contributed by atoms with Crippen molar-refractivity contribution in [3.8, 4) is 0 Å². The van der Waals surface area contributed by atoms with Crippen LogP contribution in [0.15, 0.2) is 11.6 Å². The van der Waals surface area contributed by atoms with Gasteiger partial charge in [0.1, 0.15) is 0 Å². The first-order valence-corrected chi connectivity index (χ1v) is 7.40. The maximum absolute atomic E-state index is 12.6. The second-order valence-corrected chi connectivity index (χ2v) is 5.92. The SMILES string of the molecule is COC(=O)[C@]12C[C@@H](OC(C)=O)C(=O)C=C1CC[C@@H]2[C@@H](C)OC. The van der Waals surface area contributed by atoms with E-state index >= 15 is 0 Å². The van der Waals surface area contributed by atoms with Crippen molar-refractivity contribution < 1.29 is 28.6 Å². The molecule has 0 N–H and O–H groups in total. The van der Waals surface area contributed by atoms with Gasteiger partial charge in [0.25, 0.3) is 0 Å². The molecule has 6 heteroatoms. The van der Waals surface area contributed by atoms with Crippen LogP contribution >= 0.6 is 0 Å². The third-order valence-electron chi connectivity index (χ3n) is 4.87. The lowest BCUT2D eigenvalue weighted by Crippen LogP contribution is -2.49. The Bertz CT molecular complexity index is 523. The first kappa shape index (κ1) is 16.7. The molecule has 0 aromatic rings. The van der Waals surface area contributed by atoms with Crippen LogP contribution in [0.25, 0.3) is 0 Å². The maximum atomic E-state index is 12.6. The lowest BCUT2D eigenvalue weighted by molar-refractivity contribution is -0.165. The van der Waals surface area contributed by atoms with Gasteiger partial charge in [0, 0.05) is 26.4 Å². The summed E-state index contributed by atoms with van der Waals surface area (Å²) in [7, 11) is 2.92. The molecule has 0 aliphatic heterocycles. The highest BCUT2D eigenvalue weighted by molar-refractivity contribution is 5.99. The average molecular weight is 310 g/mol. The molecule has 0 aromatic heterocycles. The summed E-state index contributed by atoms with van der Waals surface area (Å²) >= 11 is 0. The van der Waals surface area contributed by atoms with E-state index in [4.69, 9.17) is 14.2 Å². The number of methoxy groups -OCH3 is 2. The van der Waals surface area contributed by atoms with E-state index < -0.39 is 23.5 Å². The number of carbonyl (C=O) groups excluding carboxylic acids is 3. The molecule has 0 unspecified atom stereocenters. The largest absolute Gasteiger partial charge is 0.468 e. The highest BCUT2D eigenvalue weighted by Gasteiger charge is 2.59. The molecule has 0 heterocycles. The normalized spacial score (nSPS) is 32.0. The Kier molecular flexibility index (Phi) is 4.70. The zero-order valence-electron chi connectivity index (χ0n) is 13.4. The molecule has 1 saturated carbocycles. The Balaban J connectivity index is 2.46. The van der Waals surface area contributed by atoms with Crippen LogP contribution in [-0.4, -0.2) is 44.1 Å². The van der Waals surface area contributed by atoms with Gasteiger partial charge in [-0.15, -0.1) is 0 Å². The summed E-state index contributed by atoms with van der Waals surface area (Å²) in [5, 5.41) is 0. The van der Waals surface area contributed by atoms with Gasteiger partial charge in [-0.2, -0.15) is 0 Å². The molecule has 2 aliphatic rings. The molecule has 0 amide bonds. The van der Waals surface area contributed by atoms with E-state index in [2.05, 4.69) is 0 Å². The van der Waals surface area contributed by atoms with E-state index in [-0.39, 0.29) is 24.2 Å². The molecule has 4 atom stereocenters. The van der Waals surface area contributed by atoms with Gasteiger partial charge in [0.2, 0.25) is 0 Å². The number of rotatable bonds is 4. The molecule has 22 heavy (non-hydrogen) atoms. The van der Waals surface area contributed by atoms with Crippen molar-refractivity contribution in [1.82, 2.24) is 0 Å². The molecule has 0 spiro atoms. The third-order valence-corrected chi connectivity index (χ3v) is 4.87. The minimum absolute atomic E-state index is 0.109. The molecular weight excluding hydrogens is 288 g/mol. The molecule has 0 saturated heterocycles. The Hall–Kier alpha value is -1.69. The number of ether oxygens (including phenoxy) is 3. The van der Waals surface area contributed by atoms with E-state index in [1.54, 1.807) is 7.11 Å². The summed E-state index contributed by atoms with van der Waals surface area (Å²) in [6.45, 7) is 3.15. The van der Waals surface area contributed by atoms with E-state index in [0.717, 1.165) is 12.0 Å². The second-order valence-electron chi connectivity index (χ2n) is 5.92. The van der Waals surface area contributed by atoms with Crippen molar-refractivity contribution in [2.45, 2.75) is 45.3 Å². The summed E-state index contributed by atoms with van der Waals surface area (Å²) in [5.41, 5.74) is -0.181. The fourth-order valence-electron chi connectivity index (χ4n) is 3.81. The van der Waals surface area contributed by atoms with E-state index in [9.17, 15) is 14.4 Å². The number of hydrogen-bond donors (Lipinski definition) is 0. The van der Waals surface area contributed by atoms with Crippen LogP contribution in [-0.2, 0) is 28.6 Å². The number of hydrogen-bond acceptors (Lipinski definition) is 6. The predicted molar refractivity (Wildman–Crippen MR) is 76.9 cm³/mol. The molecule has 6 nitrogen and oxygen atoms in total. The summed E-state index contributed by atoms with van der Waals surface area (Å²) in [5.74, 6) is -1.31. The van der Waals surface area contributed by atoms with Gasteiger partial charge in [-0.1, -0.05) is 0 Å². The van der Waals surface area contributed by atoms with Crippen LogP contribution in [0.4, 0.5) is 0 Å². The van der Waals surface area contributed by atoms with Crippen LogP contribution in [0.5, 0.6) is 0 Å².